The molecule has 2 rings (SSSR count). The zero-order valence-corrected chi connectivity index (χ0v) is 11.0. The number of rotatable bonds is 6. The smallest absolute Gasteiger partial charge is 0.224 e. The number of aromatic nitrogens is 3. The quantitative estimate of drug-likeness (QED) is 0.859. The maximum absolute atomic E-state index is 5.63. The summed E-state index contributed by atoms with van der Waals surface area (Å²) in [6.07, 6.45) is 3.32. The van der Waals surface area contributed by atoms with Crippen molar-refractivity contribution in [2.45, 2.75) is 13.5 Å². The molecule has 0 amide bonds. The lowest BCUT2D eigenvalue weighted by Crippen LogP contribution is -2.04. The summed E-state index contributed by atoms with van der Waals surface area (Å²) in [5, 5.41) is 2.97. The first-order valence-corrected chi connectivity index (χ1v) is 6.03. The highest BCUT2D eigenvalue weighted by atomic mass is 16.5. The van der Waals surface area contributed by atoms with Crippen molar-refractivity contribution in [3.8, 4) is 11.6 Å². The molecule has 0 fully saturated rings. The number of nitrogens with zero attached hydrogens (tertiary/aromatic N) is 3. The zero-order chi connectivity index (χ0) is 13.5. The average molecular weight is 260 g/mol. The van der Waals surface area contributed by atoms with Crippen LogP contribution in [-0.2, 0) is 11.3 Å². The summed E-state index contributed by atoms with van der Waals surface area (Å²) in [7, 11) is 1.79. The van der Waals surface area contributed by atoms with Crippen LogP contribution < -0.4 is 10.1 Å². The SMILES string of the molecule is CCOCc1nc(NC)cc(Oc2cccnc2)n1. The zero-order valence-electron chi connectivity index (χ0n) is 11.0. The lowest BCUT2D eigenvalue weighted by atomic mass is 10.4. The highest BCUT2D eigenvalue weighted by Crippen LogP contribution is 2.20. The molecule has 0 aliphatic carbocycles. The second kappa shape index (κ2) is 6.65. The highest BCUT2D eigenvalue weighted by molar-refractivity contribution is 5.39. The molecule has 0 aliphatic heterocycles. The molecule has 2 aromatic rings. The van der Waals surface area contributed by atoms with E-state index in [0.717, 1.165) is 0 Å². The number of nitrogens with one attached hydrogen (secondary N) is 1. The van der Waals surface area contributed by atoms with Gasteiger partial charge in [-0.25, -0.2) is 4.98 Å². The molecule has 0 bridgehead atoms. The first-order chi connectivity index (χ1) is 9.31. The molecule has 0 aliphatic rings. The van der Waals surface area contributed by atoms with E-state index in [-0.39, 0.29) is 0 Å². The Morgan fingerprint density at radius 3 is 2.89 bits per heavy atom. The maximum Gasteiger partial charge on any atom is 0.224 e. The predicted octanol–water partition coefficient (Wildman–Crippen LogP) is 2.24. The minimum atomic E-state index is 0.357. The van der Waals surface area contributed by atoms with E-state index in [0.29, 0.717) is 36.5 Å². The molecule has 6 heteroatoms. The lowest BCUT2D eigenvalue weighted by Gasteiger charge is -2.08. The molecule has 0 saturated heterocycles. The van der Waals surface area contributed by atoms with Crippen LogP contribution in [0.1, 0.15) is 12.7 Å². The van der Waals surface area contributed by atoms with E-state index in [2.05, 4.69) is 20.3 Å². The Bertz CT molecular complexity index is 519. The summed E-state index contributed by atoms with van der Waals surface area (Å²) in [5.74, 6) is 2.35. The average Bonchev–Trinajstić information content (AvgIpc) is 2.46. The molecular weight excluding hydrogens is 244 g/mol. The topological polar surface area (TPSA) is 69.2 Å². The van der Waals surface area contributed by atoms with E-state index < -0.39 is 0 Å². The van der Waals surface area contributed by atoms with Crippen molar-refractivity contribution in [2.75, 3.05) is 19.0 Å². The Hall–Kier alpha value is -2.21. The van der Waals surface area contributed by atoms with Crippen molar-refractivity contribution in [1.29, 1.82) is 0 Å². The van der Waals surface area contributed by atoms with Gasteiger partial charge in [-0.05, 0) is 19.1 Å². The first-order valence-electron chi connectivity index (χ1n) is 6.03. The van der Waals surface area contributed by atoms with E-state index in [1.165, 1.54) is 0 Å². The van der Waals surface area contributed by atoms with Gasteiger partial charge < -0.3 is 14.8 Å². The normalized spacial score (nSPS) is 10.2. The molecule has 0 radical (unpaired) electrons. The van der Waals surface area contributed by atoms with Gasteiger partial charge in [0.15, 0.2) is 5.82 Å². The minimum absolute atomic E-state index is 0.357. The predicted molar refractivity (Wildman–Crippen MR) is 71.2 cm³/mol. The lowest BCUT2D eigenvalue weighted by molar-refractivity contribution is 0.128. The second-order valence-electron chi connectivity index (χ2n) is 3.69. The van der Waals surface area contributed by atoms with Gasteiger partial charge >= 0.3 is 0 Å². The fourth-order valence-electron chi connectivity index (χ4n) is 1.44. The van der Waals surface area contributed by atoms with E-state index in [1.54, 1.807) is 31.6 Å². The van der Waals surface area contributed by atoms with Gasteiger partial charge in [0.05, 0.1) is 6.20 Å². The van der Waals surface area contributed by atoms with Crippen molar-refractivity contribution >= 4 is 5.82 Å². The molecule has 2 aromatic heterocycles. The molecule has 0 atom stereocenters. The first kappa shape index (κ1) is 13.2. The highest BCUT2D eigenvalue weighted by Gasteiger charge is 2.06. The number of hydrogen-bond donors (Lipinski definition) is 1. The number of anilines is 1. The van der Waals surface area contributed by atoms with Gasteiger partial charge in [-0.15, -0.1) is 0 Å². The van der Waals surface area contributed by atoms with E-state index in [4.69, 9.17) is 9.47 Å². The number of hydrogen-bond acceptors (Lipinski definition) is 6. The van der Waals surface area contributed by atoms with E-state index in [9.17, 15) is 0 Å². The van der Waals surface area contributed by atoms with Crippen LogP contribution in [0.5, 0.6) is 11.6 Å². The molecule has 19 heavy (non-hydrogen) atoms. The summed E-state index contributed by atoms with van der Waals surface area (Å²) in [5.41, 5.74) is 0. The molecule has 1 N–H and O–H groups in total. The molecule has 2 heterocycles. The van der Waals surface area contributed by atoms with Crippen LogP contribution in [0.25, 0.3) is 0 Å². The van der Waals surface area contributed by atoms with Crippen molar-refractivity contribution in [3.05, 3.63) is 36.4 Å². The van der Waals surface area contributed by atoms with Gasteiger partial charge in [0.25, 0.3) is 0 Å². The van der Waals surface area contributed by atoms with Crippen LogP contribution in [0.2, 0.25) is 0 Å². The van der Waals surface area contributed by atoms with Gasteiger partial charge in [-0.3, -0.25) is 4.98 Å². The molecule has 0 unspecified atom stereocenters. The Morgan fingerprint density at radius 1 is 1.32 bits per heavy atom. The summed E-state index contributed by atoms with van der Waals surface area (Å²) in [6, 6.07) is 5.34. The van der Waals surface area contributed by atoms with Gasteiger partial charge in [0, 0.05) is 25.9 Å². The Morgan fingerprint density at radius 2 is 2.21 bits per heavy atom. The molecule has 0 saturated carbocycles. The minimum Gasteiger partial charge on any atom is -0.437 e. The van der Waals surface area contributed by atoms with Gasteiger partial charge in [-0.1, -0.05) is 0 Å². The van der Waals surface area contributed by atoms with Gasteiger partial charge in [0.2, 0.25) is 5.88 Å². The maximum atomic E-state index is 5.63. The fraction of sp³-hybridized carbons (Fsp3) is 0.308. The van der Waals surface area contributed by atoms with Crippen LogP contribution in [0.4, 0.5) is 5.82 Å². The Labute approximate surface area is 111 Å². The largest absolute Gasteiger partial charge is 0.437 e. The molecule has 0 aromatic carbocycles. The van der Waals surface area contributed by atoms with Crippen molar-refractivity contribution in [2.24, 2.45) is 0 Å². The summed E-state index contributed by atoms with van der Waals surface area (Å²) in [4.78, 5) is 12.6. The summed E-state index contributed by atoms with van der Waals surface area (Å²) in [6.45, 7) is 2.90. The Kier molecular flexibility index (Phi) is 4.63. The second-order valence-corrected chi connectivity index (χ2v) is 3.69. The van der Waals surface area contributed by atoms with Crippen LogP contribution in [0.3, 0.4) is 0 Å². The third-order valence-electron chi connectivity index (χ3n) is 2.30. The van der Waals surface area contributed by atoms with Gasteiger partial charge in [0.1, 0.15) is 18.2 Å². The monoisotopic (exact) mass is 260 g/mol. The molecule has 0 spiro atoms. The van der Waals surface area contributed by atoms with Crippen molar-refractivity contribution < 1.29 is 9.47 Å². The van der Waals surface area contributed by atoms with Crippen molar-refractivity contribution in [3.63, 3.8) is 0 Å². The molecular formula is C13H16N4O2. The van der Waals surface area contributed by atoms with Crippen LogP contribution >= 0.6 is 0 Å². The van der Waals surface area contributed by atoms with Crippen LogP contribution in [0, 0.1) is 0 Å². The van der Waals surface area contributed by atoms with E-state index >= 15 is 0 Å². The fourth-order valence-corrected chi connectivity index (χ4v) is 1.44. The van der Waals surface area contributed by atoms with Crippen LogP contribution in [-0.4, -0.2) is 28.6 Å². The molecule has 100 valence electrons. The van der Waals surface area contributed by atoms with Crippen molar-refractivity contribution in [1.82, 2.24) is 15.0 Å². The number of ether oxygens (including phenoxy) is 2. The molecule has 6 nitrogen and oxygen atoms in total. The standard InChI is InChI=1S/C13H16N4O2/c1-3-18-9-12-16-11(14-2)7-13(17-12)19-10-5-4-6-15-8-10/h4-8H,3,9H2,1-2H3,(H,14,16,17). The van der Waals surface area contributed by atoms with E-state index in [1.807, 2.05) is 13.0 Å². The summed E-state index contributed by atoms with van der Waals surface area (Å²) < 4.78 is 10.9. The number of pyridine rings is 1. The third-order valence-corrected chi connectivity index (χ3v) is 2.30. The Balaban J connectivity index is 2.19. The van der Waals surface area contributed by atoms with Crippen LogP contribution in [0.15, 0.2) is 30.6 Å². The van der Waals surface area contributed by atoms with Gasteiger partial charge in [-0.2, -0.15) is 4.98 Å². The summed E-state index contributed by atoms with van der Waals surface area (Å²) >= 11 is 0. The third kappa shape index (κ3) is 3.89.